The van der Waals surface area contributed by atoms with E-state index in [2.05, 4.69) is 75.0 Å². The molecule has 0 bridgehead atoms. The molecule has 1 amide bonds. The van der Waals surface area contributed by atoms with Gasteiger partial charge in [-0.15, -0.1) is 0 Å². The molecule has 0 aliphatic rings. The van der Waals surface area contributed by atoms with E-state index in [0.29, 0.717) is 19.1 Å². The van der Waals surface area contributed by atoms with E-state index in [1.807, 2.05) is 6.08 Å². The average molecular weight is 677 g/mol. The van der Waals surface area contributed by atoms with E-state index >= 15 is 0 Å². The summed E-state index contributed by atoms with van der Waals surface area (Å²) in [6.07, 6.45) is 40.1. The van der Waals surface area contributed by atoms with E-state index in [4.69, 9.17) is 4.74 Å². The fraction of sp³-hybridized carbons (Fsp3) is 0.805. The van der Waals surface area contributed by atoms with E-state index in [1.54, 1.807) is 0 Å². The normalized spacial score (nSPS) is 12.6. The van der Waals surface area contributed by atoms with Gasteiger partial charge in [-0.1, -0.05) is 139 Å². The van der Waals surface area contributed by atoms with Crippen LogP contribution in [-0.2, 0) is 9.53 Å². The minimum absolute atomic E-state index is 0.0888. The first-order valence-electron chi connectivity index (χ1n) is 19.6. The molecule has 0 heterocycles. The lowest BCUT2D eigenvalue weighted by molar-refractivity contribution is -0.142. The predicted molar refractivity (Wildman–Crippen MR) is 208 cm³/mol. The standard InChI is InChI=1S/C41H76N2O3S/c1-6-8-10-12-14-15-16-17-18-19-20-21-22-23-27-31-35-43(41(45)47-38-39(3)42(4)5)36-32-28-25-26-30-34-40(44)46-37-33-29-24-13-11-9-7-2/h15-16,18-19,29,33,39H,6-14,17,20-28,30-32,34-38H2,1-5H3. The molecular weight excluding hydrogens is 601 g/mol. The largest absolute Gasteiger partial charge is 0.461 e. The van der Waals surface area contributed by atoms with Crippen LogP contribution in [0.5, 0.6) is 0 Å². The molecule has 0 N–H and O–H groups in total. The summed E-state index contributed by atoms with van der Waals surface area (Å²) in [4.78, 5) is 29.4. The molecule has 0 aromatic heterocycles. The van der Waals surface area contributed by atoms with Crippen molar-refractivity contribution in [1.82, 2.24) is 9.80 Å². The van der Waals surface area contributed by atoms with Crippen LogP contribution in [0.25, 0.3) is 0 Å². The van der Waals surface area contributed by atoms with Gasteiger partial charge >= 0.3 is 5.97 Å². The van der Waals surface area contributed by atoms with Crippen LogP contribution in [0.2, 0.25) is 0 Å². The number of ether oxygens (including phenoxy) is 1. The number of esters is 1. The van der Waals surface area contributed by atoms with Gasteiger partial charge in [0.1, 0.15) is 6.61 Å². The van der Waals surface area contributed by atoms with Crippen molar-refractivity contribution in [2.45, 2.75) is 174 Å². The lowest BCUT2D eigenvalue weighted by atomic mass is 10.1. The molecule has 274 valence electrons. The van der Waals surface area contributed by atoms with E-state index in [-0.39, 0.29) is 11.2 Å². The Kier molecular flexibility index (Phi) is 34.6. The highest BCUT2D eigenvalue weighted by Crippen LogP contribution is 2.16. The zero-order valence-electron chi connectivity index (χ0n) is 31.7. The van der Waals surface area contributed by atoms with Crippen molar-refractivity contribution in [2.75, 3.05) is 39.5 Å². The molecule has 0 rings (SSSR count). The molecule has 0 radical (unpaired) electrons. The number of carbonyl (C=O) groups excluding carboxylic acids is 2. The number of unbranched alkanes of at least 4 members (excludes halogenated alkanes) is 17. The monoisotopic (exact) mass is 677 g/mol. The second-order valence-corrected chi connectivity index (χ2v) is 14.5. The van der Waals surface area contributed by atoms with Crippen LogP contribution in [0.3, 0.4) is 0 Å². The van der Waals surface area contributed by atoms with Gasteiger partial charge in [-0.3, -0.25) is 9.59 Å². The molecule has 0 aromatic carbocycles. The summed E-state index contributed by atoms with van der Waals surface area (Å²) in [5.74, 6) is 0.740. The molecule has 6 heteroatoms. The summed E-state index contributed by atoms with van der Waals surface area (Å²) in [7, 11) is 4.15. The highest BCUT2D eigenvalue weighted by molar-refractivity contribution is 8.13. The Balaban J connectivity index is 4.13. The second kappa shape index (κ2) is 35.8. The van der Waals surface area contributed by atoms with E-state index in [0.717, 1.165) is 70.2 Å². The van der Waals surface area contributed by atoms with Crippen molar-refractivity contribution in [3.05, 3.63) is 36.5 Å². The van der Waals surface area contributed by atoms with Gasteiger partial charge in [0.25, 0.3) is 5.24 Å². The van der Waals surface area contributed by atoms with Crippen molar-refractivity contribution in [3.8, 4) is 0 Å². The Morgan fingerprint density at radius 1 is 0.617 bits per heavy atom. The van der Waals surface area contributed by atoms with E-state index < -0.39 is 0 Å². The molecule has 5 nitrogen and oxygen atoms in total. The van der Waals surface area contributed by atoms with E-state index in [1.165, 1.54) is 102 Å². The molecule has 0 fully saturated rings. The number of amides is 1. The Morgan fingerprint density at radius 2 is 1.09 bits per heavy atom. The molecule has 0 saturated carbocycles. The average Bonchev–Trinajstić information content (AvgIpc) is 3.06. The van der Waals surface area contributed by atoms with Crippen LogP contribution in [0, 0.1) is 0 Å². The maximum Gasteiger partial charge on any atom is 0.306 e. The van der Waals surface area contributed by atoms with Gasteiger partial charge < -0.3 is 14.5 Å². The number of carbonyl (C=O) groups is 2. The van der Waals surface area contributed by atoms with Gasteiger partial charge in [0.2, 0.25) is 0 Å². The molecule has 0 aliphatic heterocycles. The number of hydrogen-bond donors (Lipinski definition) is 0. The van der Waals surface area contributed by atoms with Crippen molar-refractivity contribution >= 4 is 23.0 Å². The van der Waals surface area contributed by atoms with Crippen LogP contribution in [-0.4, -0.2) is 66.6 Å². The summed E-state index contributed by atoms with van der Waals surface area (Å²) in [5.41, 5.74) is 0. The molecule has 1 atom stereocenters. The van der Waals surface area contributed by atoms with Gasteiger partial charge in [0, 0.05) is 31.3 Å². The molecular formula is C41H76N2O3S. The molecule has 0 spiro atoms. The van der Waals surface area contributed by atoms with Gasteiger partial charge in [-0.25, -0.2) is 0 Å². The molecule has 0 aliphatic carbocycles. The lowest BCUT2D eigenvalue weighted by Gasteiger charge is -2.24. The molecule has 47 heavy (non-hydrogen) atoms. The Labute approximate surface area is 296 Å². The predicted octanol–water partition coefficient (Wildman–Crippen LogP) is 12.3. The van der Waals surface area contributed by atoms with Gasteiger partial charge in [-0.05, 0) is 85.2 Å². The topological polar surface area (TPSA) is 49.9 Å². The van der Waals surface area contributed by atoms with Gasteiger partial charge in [0.05, 0.1) is 0 Å². The van der Waals surface area contributed by atoms with E-state index in [9.17, 15) is 9.59 Å². The van der Waals surface area contributed by atoms with Crippen LogP contribution >= 0.6 is 11.8 Å². The third kappa shape index (κ3) is 32.8. The third-order valence-electron chi connectivity index (χ3n) is 8.76. The van der Waals surface area contributed by atoms with Crippen LogP contribution < -0.4 is 0 Å². The second-order valence-electron chi connectivity index (χ2n) is 13.5. The quantitative estimate of drug-likeness (QED) is 0.0393. The van der Waals surface area contributed by atoms with Crippen molar-refractivity contribution in [3.63, 3.8) is 0 Å². The van der Waals surface area contributed by atoms with Crippen LogP contribution in [0.4, 0.5) is 4.79 Å². The zero-order valence-corrected chi connectivity index (χ0v) is 32.5. The van der Waals surface area contributed by atoms with Crippen molar-refractivity contribution < 1.29 is 14.3 Å². The zero-order chi connectivity index (χ0) is 34.6. The van der Waals surface area contributed by atoms with Gasteiger partial charge in [-0.2, -0.15) is 0 Å². The summed E-state index contributed by atoms with van der Waals surface area (Å²) < 4.78 is 5.34. The minimum Gasteiger partial charge on any atom is -0.461 e. The summed E-state index contributed by atoms with van der Waals surface area (Å²) in [5, 5.41) is 0.233. The van der Waals surface area contributed by atoms with Crippen molar-refractivity contribution in [1.29, 1.82) is 0 Å². The lowest BCUT2D eigenvalue weighted by Crippen LogP contribution is -2.32. The third-order valence-corrected chi connectivity index (χ3v) is 9.91. The highest BCUT2D eigenvalue weighted by Gasteiger charge is 2.16. The fourth-order valence-electron chi connectivity index (χ4n) is 5.21. The highest BCUT2D eigenvalue weighted by atomic mass is 32.2. The van der Waals surface area contributed by atoms with Crippen molar-refractivity contribution in [2.24, 2.45) is 0 Å². The maximum absolute atomic E-state index is 13.1. The maximum atomic E-state index is 13.1. The fourth-order valence-corrected chi connectivity index (χ4v) is 6.25. The van der Waals surface area contributed by atoms with Gasteiger partial charge in [0.15, 0.2) is 0 Å². The Bertz CT molecular complexity index is 796. The first-order valence-corrected chi connectivity index (χ1v) is 20.6. The number of thioether (sulfide) groups is 1. The summed E-state index contributed by atoms with van der Waals surface area (Å²) in [6.45, 7) is 8.77. The number of hydrogen-bond acceptors (Lipinski definition) is 5. The Hall–Kier alpha value is -1.53. The molecule has 1 unspecified atom stereocenters. The van der Waals surface area contributed by atoms with Crippen LogP contribution in [0.15, 0.2) is 36.5 Å². The number of rotatable bonds is 33. The molecule has 0 aromatic rings. The molecule has 0 saturated heterocycles. The minimum atomic E-state index is -0.0888. The SMILES string of the molecule is CCCCCCC=CCC=CCCCCCCCN(CCCCCCCC(=O)OCC=CCCCCCC)C(=O)SCC(C)N(C)C. The first-order chi connectivity index (χ1) is 22.9. The number of nitrogens with zero attached hydrogens (tertiary/aromatic N) is 2. The summed E-state index contributed by atoms with van der Waals surface area (Å²) >= 11 is 1.47. The van der Waals surface area contributed by atoms with Crippen LogP contribution in [0.1, 0.15) is 168 Å². The first kappa shape index (κ1) is 45.5. The number of allylic oxidation sites excluding steroid dienone is 5. The summed E-state index contributed by atoms with van der Waals surface area (Å²) in [6, 6.07) is 0.379. The smallest absolute Gasteiger partial charge is 0.306 e. The Morgan fingerprint density at radius 3 is 1.62 bits per heavy atom.